The lowest BCUT2D eigenvalue weighted by Crippen LogP contribution is -2.45. The second kappa shape index (κ2) is 4.96. The number of nitriles is 1. The van der Waals surface area contributed by atoms with Crippen LogP contribution in [0.1, 0.15) is 51.4 Å². The van der Waals surface area contributed by atoms with E-state index in [9.17, 15) is 14.9 Å². The van der Waals surface area contributed by atoms with Crippen LogP contribution in [0, 0.1) is 29.1 Å². The number of fused-ring (bicyclic) bond motifs is 1. The Morgan fingerprint density at radius 3 is 2.05 bits per heavy atom. The van der Waals surface area contributed by atoms with Crippen LogP contribution in [0.4, 0.5) is 0 Å². The molecular weight excluding hydrogens is 240 g/mol. The molecule has 1 saturated heterocycles. The van der Waals surface area contributed by atoms with Crippen molar-refractivity contribution >= 4 is 11.8 Å². The van der Waals surface area contributed by atoms with Gasteiger partial charge in [0.15, 0.2) is 0 Å². The van der Waals surface area contributed by atoms with Gasteiger partial charge in [-0.3, -0.25) is 14.5 Å². The first-order chi connectivity index (χ1) is 9.24. The Morgan fingerprint density at radius 2 is 1.53 bits per heavy atom. The summed E-state index contributed by atoms with van der Waals surface area (Å²) in [6, 6.07) is 1.74. The van der Waals surface area contributed by atoms with Crippen molar-refractivity contribution in [2.24, 2.45) is 17.8 Å². The molecule has 1 heterocycles. The van der Waals surface area contributed by atoms with Gasteiger partial charge in [0.1, 0.15) is 6.04 Å². The standard InChI is InChI=1S/C15H20N2O2/c16-9-13(10-5-2-1-3-6-10)17-14(18)11-7-4-8-12(11)15(17)19/h10-13H,1-8H2. The number of carbonyl (C=O) groups is 2. The highest BCUT2D eigenvalue weighted by Crippen LogP contribution is 2.42. The molecule has 4 nitrogen and oxygen atoms in total. The van der Waals surface area contributed by atoms with Crippen molar-refractivity contribution in [3.05, 3.63) is 0 Å². The Bertz CT molecular complexity index is 412. The molecule has 0 aromatic carbocycles. The monoisotopic (exact) mass is 260 g/mol. The molecule has 3 rings (SSSR count). The number of hydrogen-bond acceptors (Lipinski definition) is 3. The van der Waals surface area contributed by atoms with Crippen LogP contribution in [0.25, 0.3) is 0 Å². The molecular formula is C15H20N2O2. The molecule has 0 radical (unpaired) electrons. The molecule has 0 spiro atoms. The SMILES string of the molecule is N#CC(C1CCCCC1)N1C(=O)C2CCCC2C1=O. The number of amides is 2. The molecule has 4 heteroatoms. The van der Waals surface area contributed by atoms with E-state index in [2.05, 4.69) is 6.07 Å². The van der Waals surface area contributed by atoms with Crippen molar-refractivity contribution in [2.45, 2.75) is 57.4 Å². The maximum Gasteiger partial charge on any atom is 0.234 e. The number of nitrogens with zero attached hydrogens (tertiary/aromatic N) is 2. The third-order valence-corrected chi connectivity index (χ3v) is 5.13. The van der Waals surface area contributed by atoms with Gasteiger partial charge in [-0.2, -0.15) is 5.26 Å². The molecule has 0 bridgehead atoms. The maximum absolute atomic E-state index is 12.4. The Labute approximate surface area is 113 Å². The molecule has 2 saturated carbocycles. The average Bonchev–Trinajstić information content (AvgIpc) is 3.00. The first-order valence-electron chi connectivity index (χ1n) is 7.50. The number of carbonyl (C=O) groups excluding carboxylic acids is 2. The molecule has 3 unspecified atom stereocenters. The predicted molar refractivity (Wildman–Crippen MR) is 68.7 cm³/mol. The third-order valence-electron chi connectivity index (χ3n) is 5.13. The highest BCUT2D eigenvalue weighted by Gasteiger charge is 2.53. The van der Waals surface area contributed by atoms with Crippen LogP contribution in [0.15, 0.2) is 0 Å². The van der Waals surface area contributed by atoms with Crippen LogP contribution in [-0.4, -0.2) is 22.8 Å². The van der Waals surface area contributed by atoms with Crippen LogP contribution in [0.3, 0.4) is 0 Å². The lowest BCUT2D eigenvalue weighted by molar-refractivity contribution is -0.143. The zero-order valence-electron chi connectivity index (χ0n) is 11.2. The second-order valence-electron chi connectivity index (χ2n) is 6.16. The van der Waals surface area contributed by atoms with Crippen LogP contribution in [0.2, 0.25) is 0 Å². The minimum Gasteiger partial charge on any atom is -0.274 e. The summed E-state index contributed by atoms with van der Waals surface area (Å²) in [5.74, 6) is -0.168. The summed E-state index contributed by atoms with van der Waals surface area (Å²) in [6.45, 7) is 0. The first kappa shape index (κ1) is 12.7. The zero-order chi connectivity index (χ0) is 13.4. The summed E-state index contributed by atoms with van der Waals surface area (Å²) in [7, 11) is 0. The normalized spacial score (nSPS) is 33.3. The van der Waals surface area contributed by atoms with E-state index < -0.39 is 6.04 Å². The zero-order valence-corrected chi connectivity index (χ0v) is 11.2. The van der Waals surface area contributed by atoms with E-state index in [4.69, 9.17) is 0 Å². The van der Waals surface area contributed by atoms with E-state index >= 15 is 0 Å². The van der Waals surface area contributed by atoms with Gasteiger partial charge in [0.05, 0.1) is 17.9 Å². The molecule has 0 N–H and O–H groups in total. The van der Waals surface area contributed by atoms with Crippen LogP contribution >= 0.6 is 0 Å². The summed E-state index contributed by atoms with van der Waals surface area (Å²) in [5.41, 5.74) is 0. The van der Waals surface area contributed by atoms with Gasteiger partial charge in [0, 0.05) is 0 Å². The van der Waals surface area contributed by atoms with Gasteiger partial charge in [0.2, 0.25) is 11.8 Å². The minimum absolute atomic E-state index is 0.0652. The predicted octanol–water partition coefficient (Wildman–Crippen LogP) is 2.24. The van der Waals surface area contributed by atoms with Crippen molar-refractivity contribution in [2.75, 3.05) is 0 Å². The number of likely N-dealkylation sites (tertiary alicyclic amines) is 1. The van der Waals surface area contributed by atoms with Gasteiger partial charge in [-0.1, -0.05) is 25.7 Å². The third kappa shape index (κ3) is 1.96. The highest BCUT2D eigenvalue weighted by atomic mass is 16.2. The lowest BCUT2D eigenvalue weighted by atomic mass is 9.83. The van der Waals surface area contributed by atoms with E-state index in [1.807, 2.05) is 0 Å². The van der Waals surface area contributed by atoms with E-state index in [1.54, 1.807) is 0 Å². The molecule has 3 fully saturated rings. The fourth-order valence-corrected chi connectivity index (χ4v) is 4.12. The summed E-state index contributed by atoms with van der Waals surface area (Å²) >= 11 is 0. The van der Waals surface area contributed by atoms with E-state index in [0.29, 0.717) is 0 Å². The number of hydrogen-bond donors (Lipinski definition) is 0. The fourth-order valence-electron chi connectivity index (χ4n) is 4.12. The smallest absolute Gasteiger partial charge is 0.234 e. The van der Waals surface area contributed by atoms with Crippen molar-refractivity contribution < 1.29 is 9.59 Å². The summed E-state index contributed by atoms with van der Waals surface area (Å²) in [4.78, 5) is 26.1. The van der Waals surface area contributed by atoms with Gasteiger partial charge in [0.25, 0.3) is 0 Å². The first-order valence-corrected chi connectivity index (χ1v) is 7.50. The number of rotatable bonds is 2. The lowest BCUT2D eigenvalue weighted by Gasteiger charge is -2.31. The molecule has 2 amide bonds. The molecule has 3 atom stereocenters. The number of imide groups is 1. The van der Waals surface area contributed by atoms with Gasteiger partial charge in [-0.05, 0) is 31.6 Å². The van der Waals surface area contributed by atoms with Gasteiger partial charge >= 0.3 is 0 Å². The minimum atomic E-state index is -0.508. The Hall–Kier alpha value is -1.37. The summed E-state index contributed by atoms with van der Waals surface area (Å²) in [5, 5.41) is 9.44. The van der Waals surface area contributed by atoms with Crippen LogP contribution in [0.5, 0.6) is 0 Å². The Morgan fingerprint density at radius 1 is 0.947 bits per heavy atom. The Balaban J connectivity index is 1.81. The van der Waals surface area contributed by atoms with Gasteiger partial charge in [-0.15, -0.1) is 0 Å². The van der Waals surface area contributed by atoms with Crippen LogP contribution < -0.4 is 0 Å². The molecule has 102 valence electrons. The molecule has 19 heavy (non-hydrogen) atoms. The van der Waals surface area contributed by atoms with Gasteiger partial charge < -0.3 is 0 Å². The van der Waals surface area contributed by atoms with Crippen LogP contribution in [-0.2, 0) is 9.59 Å². The van der Waals surface area contributed by atoms with Crippen molar-refractivity contribution in [3.63, 3.8) is 0 Å². The fraction of sp³-hybridized carbons (Fsp3) is 0.800. The maximum atomic E-state index is 12.4. The largest absolute Gasteiger partial charge is 0.274 e. The van der Waals surface area contributed by atoms with Crippen molar-refractivity contribution in [1.29, 1.82) is 5.26 Å². The molecule has 1 aliphatic heterocycles. The van der Waals surface area contributed by atoms with E-state index in [1.165, 1.54) is 11.3 Å². The molecule has 0 aromatic rings. The van der Waals surface area contributed by atoms with Crippen molar-refractivity contribution in [3.8, 4) is 6.07 Å². The average molecular weight is 260 g/mol. The topological polar surface area (TPSA) is 61.2 Å². The molecule has 0 aromatic heterocycles. The highest BCUT2D eigenvalue weighted by molar-refractivity contribution is 6.06. The Kier molecular flexibility index (Phi) is 3.30. The molecule has 2 aliphatic carbocycles. The van der Waals surface area contributed by atoms with E-state index in [0.717, 1.165) is 44.9 Å². The summed E-state index contributed by atoms with van der Waals surface area (Å²) < 4.78 is 0. The molecule has 3 aliphatic rings. The van der Waals surface area contributed by atoms with E-state index in [-0.39, 0.29) is 29.6 Å². The quantitative estimate of drug-likeness (QED) is 0.715. The van der Waals surface area contributed by atoms with Crippen molar-refractivity contribution in [1.82, 2.24) is 4.90 Å². The second-order valence-corrected chi connectivity index (χ2v) is 6.16. The summed E-state index contributed by atoms with van der Waals surface area (Å²) in [6.07, 6.45) is 8.03. The van der Waals surface area contributed by atoms with Gasteiger partial charge in [-0.25, -0.2) is 0 Å².